The first-order valence-electron chi connectivity index (χ1n) is 7.72. The van der Waals surface area contributed by atoms with E-state index >= 15 is 0 Å². The van der Waals surface area contributed by atoms with Crippen LogP contribution in [0.15, 0.2) is 60.8 Å². The molecule has 0 fully saturated rings. The molecule has 0 saturated heterocycles. The van der Waals surface area contributed by atoms with Crippen molar-refractivity contribution in [2.75, 3.05) is 10.6 Å². The van der Waals surface area contributed by atoms with Crippen molar-refractivity contribution >= 4 is 17.3 Å². The van der Waals surface area contributed by atoms with Crippen molar-refractivity contribution in [3.05, 3.63) is 89.5 Å². The first-order valence-corrected chi connectivity index (χ1v) is 7.72. The molecule has 0 aliphatic heterocycles. The highest BCUT2D eigenvalue weighted by molar-refractivity contribution is 6.03. The predicted octanol–water partition coefficient (Wildman–Crippen LogP) is 4.36. The summed E-state index contributed by atoms with van der Waals surface area (Å²) in [6.07, 6.45) is 1.46. The van der Waals surface area contributed by atoms with Gasteiger partial charge in [-0.15, -0.1) is 0 Å². The number of hydrogen-bond acceptors (Lipinski definition) is 3. The van der Waals surface area contributed by atoms with E-state index in [9.17, 15) is 18.0 Å². The number of pyridine rings is 1. The average Bonchev–Trinajstić information content (AvgIpc) is 2.64. The molecule has 7 heteroatoms. The highest BCUT2D eigenvalue weighted by atomic mass is 19.1. The fraction of sp³-hybridized carbons (Fsp3) is 0.0526. The maximum absolute atomic E-state index is 13.6. The van der Waals surface area contributed by atoms with E-state index in [4.69, 9.17) is 0 Å². The Morgan fingerprint density at radius 3 is 2.31 bits per heavy atom. The molecule has 0 unspecified atom stereocenters. The molecule has 1 aromatic heterocycles. The molecule has 0 aliphatic rings. The van der Waals surface area contributed by atoms with Crippen LogP contribution in [-0.2, 0) is 6.54 Å². The first kappa shape index (κ1) is 17.5. The number of aromatic nitrogens is 1. The third-order valence-electron chi connectivity index (χ3n) is 3.59. The number of carbonyl (C=O) groups is 1. The van der Waals surface area contributed by atoms with Gasteiger partial charge in [0.25, 0.3) is 5.91 Å². The molecule has 3 aromatic rings. The molecule has 3 rings (SSSR count). The Kier molecular flexibility index (Phi) is 5.17. The number of benzene rings is 2. The van der Waals surface area contributed by atoms with Crippen LogP contribution in [0.2, 0.25) is 0 Å². The molecular formula is C19H14F3N3O. The standard InChI is InChI=1S/C19H14F3N3O/c20-13-3-1-12(2-4-13)10-23-15-6-8-18(24-11-15)19(26)25-17-7-5-14(21)9-16(17)22/h1-9,11,23H,10H2,(H,25,26). The molecule has 0 atom stereocenters. The summed E-state index contributed by atoms with van der Waals surface area (Å²) in [5.41, 5.74) is 1.51. The van der Waals surface area contributed by atoms with Crippen LogP contribution < -0.4 is 10.6 Å². The second kappa shape index (κ2) is 7.69. The predicted molar refractivity (Wildman–Crippen MR) is 92.3 cm³/mol. The van der Waals surface area contributed by atoms with Gasteiger partial charge in [-0.3, -0.25) is 4.79 Å². The zero-order chi connectivity index (χ0) is 18.5. The number of anilines is 2. The van der Waals surface area contributed by atoms with Gasteiger partial charge in [0.05, 0.1) is 17.6 Å². The average molecular weight is 357 g/mol. The summed E-state index contributed by atoms with van der Waals surface area (Å²) in [5.74, 6) is -2.50. The van der Waals surface area contributed by atoms with Gasteiger partial charge >= 0.3 is 0 Å². The smallest absolute Gasteiger partial charge is 0.274 e. The maximum Gasteiger partial charge on any atom is 0.274 e. The quantitative estimate of drug-likeness (QED) is 0.713. The summed E-state index contributed by atoms with van der Waals surface area (Å²) in [6.45, 7) is 0.467. The Balaban J connectivity index is 1.61. The molecule has 0 radical (unpaired) electrons. The van der Waals surface area contributed by atoms with Gasteiger partial charge in [0.15, 0.2) is 0 Å². The van der Waals surface area contributed by atoms with Crippen molar-refractivity contribution in [2.24, 2.45) is 0 Å². The summed E-state index contributed by atoms with van der Waals surface area (Å²) in [5, 5.41) is 5.43. The largest absolute Gasteiger partial charge is 0.380 e. The molecule has 0 bridgehead atoms. The van der Waals surface area contributed by atoms with Crippen LogP contribution in [-0.4, -0.2) is 10.9 Å². The number of nitrogens with one attached hydrogen (secondary N) is 2. The molecule has 4 nitrogen and oxygen atoms in total. The molecule has 0 spiro atoms. The van der Waals surface area contributed by atoms with E-state index in [0.29, 0.717) is 18.3 Å². The van der Waals surface area contributed by atoms with Crippen molar-refractivity contribution in [3.63, 3.8) is 0 Å². The van der Waals surface area contributed by atoms with Crippen molar-refractivity contribution in [2.45, 2.75) is 6.54 Å². The third-order valence-corrected chi connectivity index (χ3v) is 3.59. The van der Waals surface area contributed by atoms with E-state index in [1.165, 1.54) is 24.4 Å². The van der Waals surface area contributed by atoms with Crippen LogP contribution in [0.5, 0.6) is 0 Å². The van der Waals surface area contributed by atoms with Crippen LogP contribution in [0.25, 0.3) is 0 Å². The Morgan fingerprint density at radius 2 is 1.65 bits per heavy atom. The van der Waals surface area contributed by atoms with E-state index in [1.807, 2.05) is 0 Å². The summed E-state index contributed by atoms with van der Waals surface area (Å²) in [6, 6.07) is 12.1. The van der Waals surface area contributed by atoms with Crippen molar-refractivity contribution in [1.29, 1.82) is 0 Å². The van der Waals surface area contributed by atoms with Crippen LogP contribution in [0.4, 0.5) is 24.5 Å². The van der Waals surface area contributed by atoms with E-state index in [0.717, 1.165) is 17.7 Å². The van der Waals surface area contributed by atoms with Gasteiger partial charge < -0.3 is 10.6 Å². The highest BCUT2D eigenvalue weighted by Crippen LogP contribution is 2.16. The van der Waals surface area contributed by atoms with E-state index in [1.54, 1.807) is 18.2 Å². The Morgan fingerprint density at radius 1 is 0.923 bits per heavy atom. The van der Waals surface area contributed by atoms with Crippen molar-refractivity contribution in [1.82, 2.24) is 4.98 Å². The van der Waals surface area contributed by atoms with Gasteiger partial charge in [-0.25, -0.2) is 18.2 Å². The lowest BCUT2D eigenvalue weighted by Gasteiger charge is -2.08. The van der Waals surface area contributed by atoms with Gasteiger partial charge in [0.1, 0.15) is 23.1 Å². The van der Waals surface area contributed by atoms with E-state index < -0.39 is 17.5 Å². The summed E-state index contributed by atoms with van der Waals surface area (Å²) < 4.78 is 39.3. The van der Waals surface area contributed by atoms with Gasteiger partial charge in [0.2, 0.25) is 0 Å². The number of nitrogens with zero attached hydrogens (tertiary/aromatic N) is 1. The van der Waals surface area contributed by atoms with Crippen molar-refractivity contribution in [3.8, 4) is 0 Å². The topological polar surface area (TPSA) is 54.0 Å². The molecule has 0 aliphatic carbocycles. The Hall–Kier alpha value is -3.35. The SMILES string of the molecule is O=C(Nc1ccc(F)cc1F)c1ccc(NCc2ccc(F)cc2)cn1. The minimum atomic E-state index is -0.865. The lowest BCUT2D eigenvalue weighted by atomic mass is 10.2. The molecule has 1 amide bonds. The second-order valence-corrected chi connectivity index (χ2v) is 5.49. The zero-order valence-electron chi connectivity index (χ0n) is 13.5. The lowest BCUT2D eigenvalue weighted by Crippen LogP contribution is -2.14. The minimum absolute atomic E-state index is 0.0843. The fourth-order valence-corrected chi connectivity index (χ4v) is 2.22. The van der Waals surface area contributed by atoms with Gasteiger partial charge in [-0.1, -0.05) is 12.1 Å². The summed E-state index contributed by atoms with van der Waals surface area (Å²) in [4.78, 5) is 16.1. The fourth-order valence-electron chi connectivity index (χ4n) is 2.22. The van der Waals surface area contributed by atoms with Crippen LogP contribution in [0.3, 0.4) is 0 Å². The summed E-state index contributed by atoms with van der Waals surface area (Å²) in [7, 11) is 0. The van der Waals surface area contributed by atoms with Gasteiger partial charge in [0, 0.05) is 12.6 Å². The van der Waals surface area contributed by atoms with E-state index in [-0.39, 0.29) is 17.2 Å². The Bertz CT molecular complexity index is 912. The number of amides is 1. The molecule has 132 valence electrons. The van der Waals surface area contributed by atoms with Crippen LogP contribution in [0.1, 0.15) is 16.1 Å². The molecule has 2 aromatic carbocycles. The monoisotopic (exact) mass is 357 g/mol. The van der Waals surface area contributed by atoms with Crippen molar-refractivity contribution < 1.29 is 18.0 Å². The highest BCUT2D eigenvalue weighted by Gasteiger charge is 2.11. The molecule has 1 heterocycles. The number of halogens is 3. The van der Waals surface area contributed by atoms with Crippen LogP contribution >= 0.6 is 0 Å². The second-order valence-electron chi connectivity index (χ2n) is 5.49. The molecular weight excluding hydrogens is 343 g/mol. The summed E-state index contributed by atoms with van der Waals surface area (Å²) >= 11 is 0. The molecule has 0 saturated carbocycles. The van der Waals surface area contributed by atoms with Gasteiger partial charge in [-0.05, 0) is 42.0 Å². The van der Waals surface area contributed by atoms with Gasteiger partial charge in [-0.2, -0.15) is 0 Å². The Labute approximate surface area is 147 Å². The number of hydrogen-bond donors (Lipinski definition) is 2. The first-order chi connectivity index (χ1) is 12.5. The lowest BCUT2D eigenvalue weighted by molar-refractivity contribution is 0.102. The zero-order valence-corrected chi connectivity index (χ0v) is 13.5. The maximum atomic E-state index is 13.6. The normalized spacial score (nSPS) is 10.4. The van der Waals surface area contributed by atoms with E-state index in [2.05, 4.69) is 15.6 Å². The minimum Gasteiger partial charge on any atom is -0.380 e. The molecule has 26 heavy (non-hydrogen) atoms. The van der Waals surface area contributed by atoms with Crippen LogP contribution in [0, 0.1) is 17.5 Å². The number of carbonyl (C=O) groups excluding carboxylic acids is 1. The molecule has 2 N–H and O–H groups in total. The third kappa shape index (κ3) is 4.38. The number of rotatable bonds is 5.